The highest BCUT2D eigenvalue weighted by Gasteiger charge is 2.42. The molecule has 2 heterocycles. The first-order valence-corrected chi connectivity index (χ1v) is 8.99. The van der Waals surface area contributed by atoms with E-state index in [1.807, 2.05) is 0 Å². The van der Waals surface area contributed by atoms with Gasteiger partial charge in [-0.3, -0.25) is 0 Å². The number of hydrogen-bond acceptors (Lipinski definition) is 5. The van der Waals surface area contributed by atoms with E-state index in [9.17, 15) is 8.42 Å². The number of ether oxygens (including phenoxy) is 2. The Morgan fingerprint density at radius 3 is 2.43 bits per heavy atom. The summed E-state index contributed by atoms with van der Waals surface area (Å²) in [4.78, 5) is 0.201. The van der Waals surface area contributed by atoms with Crippen LogP contribution in [0.2, 0.25) is 0 Å². The van der Waals surface area contributed by atoms with Crippen LogP contribution in [0.4, 0.5) is 5.69 Å². The zero-order valence-corrected chi connectivity index (χ0v) is 13.8. The Kier molecular flexibility index (Phi) is 4.00. The van der Waals surface area contributed by atoms with Gasteiger partial charge in [-0.25, -0.2) is 8.42 Å². The number of nitrogen functional groups attached to an aromatic ring is 1. The maximum atomic E-state index is 12.7. The molecule has 2 aliphatic rings. The molecule has 0 saturated carbocycles. The van der Waals surface area contributed by atoms with E-state index in [4.69, 9.17) is 15.2 Å². The lowest BCUT2D eigenvalue weighted by Gasteiger charge is -2.36. The summed E-state index contributed by atoms with van der Waals surface area (Å²) in [5, 5.41) is 0. The SMILES string of the molecule is Nc1ccc(Br)c(S(=O)(=O)N2CCC3(CC2)OCCO3)c1. The Labute approximate surface area is 132 Å². The Hall–Kier alpha value is -0.670. The fourth-order valence-corrected chi connectivity index (χ4v) is 5.11. The molecule has 6 nitrogen and oxygen atoms in total. The molecule has 3 rings (SSSR count). The standard InChI is InChI=1S/C13H17BrN2O4S/c14-11-2-1-10(15)9-12(11)21(17,18)16-5-3-13(4-6-16)19-7-8-20-13/h1-2,9H,3-8,15H2. The molecule has 2 saturated heterocycles. The van der Waals surface area contributed by atoms with E-state index in [2.05, 4.69) is 15.9 Å². The van der Waals surface area contributed by atoms with Crippen LogP contribution in [0, 0.1) is 0 Å². The molecule has 21 heavy (non-hydrogen) atoms. The zero-order chi connectivity index (χ0) is 15.1. The van der Waals surface area contributed by atoms with E-state index in [1.54, 1.807) is 12.1 Å². The van der Waals surface area contributed by atoms with Crippen molar-refractivity contribution in [3.05, 3.63) is 22.7 Å². The third-order valence-electron chi connectivity index (χ3n) is 3.87. The summed E-state index contributed by atoms with van der Waals surface area (Å²) in [6.45, 7) is 1.91. The van der Waals surface area contributed by atoms with Crippen LogP contribution >= 0.6 is 15.9 Å². The minimum atomic E-state index is -3.57. The van der Waals surface area contributed by atoms with Crippen LogP contribution in [0.3, 0.4) is 0 Å². The third-order valence-corrected chi connectivity index (χ3v) is 6.76. The second kappa shape index (κ2) is 5.51. The van der Waals surface area contributed by atoms with Crippen molar-refractivity contribution >= 4 is 31.6 Å². The van der Waals surface area contributed by atoms with Gasteiger partial charge in [0, 0.05) is 36.1 Å². The van der Waals surface area contributed by atoms with Crippen LogP contribution < -0.4 is 5.73 Å². The second-order valence-electron chi connectivity index (χ2n) is 5.20. The molecule has 2 N–H and O–H groups in total. The number of halogens is 1. The van der Waals surface area contributed by atoms with Crippen molar-refractivity contribution in [1.29, 1.82) is 0 Å². The van der Waals surface area contributed by atoms with Crippen LogP contribution in [-0.2, 0) is 19.5 Å². The molecule has 0 atom stereocenters. The van der Waals surface area contributed by atoms with Crippen molar-refractivity contribution in [1.82, 2.24) is 4.31 Å². The quantitative estimate of drug-likeness (QED) is 0.791. The van der Waals surface area contributed by atoms with Gasteiger partial charge in [0.25, 0.3) is 0 Å². The van der Waals surface area contributed by atoms with Gasteiger partial charge in [0.05, 0.1) is 18.1 Å². The van der Waals surface area contributed by atoms with E-state index >= 15 is 0 Å². The number of nitrogens with zero attached hydrogens (tertiary/aromatic N) is 1. The van der Waals surface area contributed by atoms with E-state index < -0.39 is 15.8 Å². The van der Waals surface area contributed by atoms with Crippen molar-refractivity contribution in [2.45, 2.75) is 23.5 Å². The van der Waals surface area contributed by atoms with Gasteiger partial charge in [0.1, 0.15) is 0 Å². The molecule has 0 unspecified atom stereocenters. The van der Waals surface area contributed by atoms with Crippen LogP contribution in [0.5, 0.6) is 0 Å². The first-order valence-electron chi connectivity index (χ1n) is 6.76. The topological polar surface area (TPSA) is 81.9 Å². The first-order chi connectivity index (χ1) is 9.93. The van der Waals surface area contributed by atoms with Crippen LogP contribution in [0.15, 0.2) is 27.6 Å². The lowest BCUT2D eigenvalue weighted by atomic mass is 10.1. The van der Waals surface area contributed by atoms with Gasteiger partial charge in [-0.05, 0) is 34.1 Å². The van der Waals surface area contributed by atoms with Crippen LogP contribution in [-0.4, -0.2) is 44.8 Å². The summed E-state index contributed by atoms with van der Waals surface area (Å²) < 4.78 is 38.7. The summed E-state index contributed by atoms with van der Waals surface area (Å²) in [5.74, 6) is -0.584. The summed E-state index contributed by atoms with van der Waals surface area (Å²) >= 11 is 3.28. The van der Waals surface area contributed by atoms with Gasteiger partial charge in [0.15, 0.2) is 5.79 Å². The Bertz CT molecular complexity index is 634. The maximum Gasteiger partial charge on any atom is 0.244 e. The van der Waals surface area contributed by atoms with Gasteiger partial charge >= 0.3 is 0 Å². The molecular weight excluding hydrogens is 360 g/mol. The van der Waals surface area contributed by atoms with E-state index in [-0.39, 0.29) is 4.90 Å². The second-order valence-corrected chi connectivity index (χ2v) is 7.96. The van der Waals surface area contributed by atoms with Crippen molar-refractivity contribution < 1.29 is 17.9 Å². The summed E-state index contributed by atoms with van der Waals surface area (Å²) in [5.41, 5.74) is 6.13. The molecule has 0 bridgehead atoms. The number of sulfonamides is 1. The van der Waals surface area contributed by atoms with Crippen molar-refractivity contribution in [2.24, 2.45) is 0 Å². The van der Waals surface area contributed by atoms with Gasteiger partial charge < -0.3 is 15.2 Å². The molecule has 116 valence electrons. The van der Waals surface area contributed by atoms with Crippen molar-refractivity contribution in [3.63, 3.8) is 0 Å². The van der Waals surface area contributed by atoms with E-state index in [0.717, 1.165) is 0 Å². The summed E-state index contributed by atoms with van der Waals surface area (Å²) in [7, 11) is -3.57. The predicted molar refractivity (Wildman–Crippen MR) is 81.2 cm³/mol. The van der Waals surface area contributed by atoms with Gasteiger partial charge in [-0.2, -0.15) is 4.31 Å². The average molecular weight is 377 g/mol. The van der Waals surface area contributed by atoms with Gasteiger partial charge in [-0.1, -0.05) is 0 Å². The molecule has 1 aromatic rings. The van der Waals surface area contributed by atoms with Crippen LogP contribution in [0.25, 0.3) is 0 Å². The van der Waals surface area contributed by atoms with E-state index in [0.29, 0.717) is 49.3 Å². The maximum absolute atomic E-state index is 12.7. The van der Waals surface area contributed by atoms with Crippen molar-refractivity contribution in [2.75, 3.05) is 32.0 Å². The summed E-state index contributed by atoms with van der Waals surface area (Å²) in [6, 6.07) is 4.79. The normalized spacial score (nSPS) is 22.7. The molecule has 1 spiro atoms. The highest BCUT2D eigenvalue weighted by atomic mass is 79.9. The monoisotopic (exact) mass is 376 g/mol. The molecule has 1 aromatic carbocycles. The Morgan fingerprint density at radius 2 is 1.81 bits per heavy atom. The fraction of sp³-hybridized carbons (Fsp3) is 0.538. The predicted octanol–water partition coefficient (Wildman–Crippen LogP) is 1.56. The number of benzene rings is 1. The molecule has 8 heteroatoms. The van der Waals surface area contributed by atoms with Crippen molar-refractivity contribution in [3.8, 4) is 0 Å². The fourth-order valence-electron chi connectivity index (χ4n) is 2.71. The van der Waals surface area contributed by atoms with Crippen LogP contribution in [0.1, 0.15) is 12.8 Å². The Balaban J connectivity index is 1.82. The number of hydrogen-bond donors (Lipinski definition) is 1. The minimum absolute atomic E-state index is 0.201. The molecule has 0 aromatic heterocycles. The number of anilines is 1. The lowest BCUT2D eigenvalue weighted by molar-refractivity contribution is -0.179. The zero-order valence-electron chi connectivity index (χ0n) is 11.4. The molecule has 0 aliphatic carbocycles. The van der Waals surface area contributed by atoms with E-state index in [1.165, 1.54) is 10.4 Å². The smallest absolute Gasteiger partial charge is 0.244 e. The molecule has 0 radical (unpaired) electrons. The molecular formula is C13H17BrN2O4S. The largest absolute Gasteiger partial charge is 0.399 e. The summed E-state index contributed by atoms with van der Waals surface area (Å²) in [6.07, 6.45) is 1.10. The molecule has 2 fully saturated rings. The minimum Gasteiger partial charge on any atom is -0.399 e. The first kappa shape index (κ1) is 15.2. The number of nitrogens with two attached hydrogens (primary N) is 1. The molecule has 2 aliphatic heterocycles. The van der Waals surface area contributed by atoms with Gasteiger partial charge in [0.2, 0.25) is 10.0 Å². The van der Waals surface area contributed by atoms with Gasteiger partial charge in [-0.15, -0.1) is 0 Å². The highest BCUT2D eigenvalue weighted by molar-refractivity contribution is 9.10. The third kappa shape index (κ3) is 2.83. The Morgan fingerprint density at radius 1 is 1.19 bits per heavy atom. The highest BCUT2D eigenvalue weighted by Crippen LogP contribution is 2.35. The number of piperidine rings is 1. The lowest BCUT2D eigenvalue weighted by Crippen LogP contribution is -2.47. The average Bonchev–Trinajstić information content (AvgIpc) is 2.90. The molecule has 0 amide bonds. The number of rotatable bonds is 2.